The van der Waals surface area contributed by atoms with E-state index in [1.807, 2.05) is 6.92 Å². The molecular weight excluding hydrogens is 316 g/mol. The molecule has 1 aromatic rings. The molecule has 0 aliphatic carbocycles. The maximum absolute atomic E-state index is 11.8. The Morgan fingerprint density at radius 2 is 2.14 bits per heavy atom. The summed E-state index contributed by atoms with van der Waals surface area (Å²) in [6, 6.07) is 4.03. The smallest absolute Gasteiger partial charge is 0.260 e. The van der Waals surface area contributed by atoms with E-state index < -0.39 is 16.1 Å². The number of primary sulfonamides is 1. The molecule has 0 fully saturated rings. The van der Waals surface area contributed by atoms with Gasteiger partial charge in [-0.25, -0.2) is 13.6 Å². The highest BCUT2D eigenvalue weighted by Gasteiger charge is 2.20. The van der Waals surface area contributed by atoms with Crippen LogP contribution in [0, 0.1) is 0 Å². The third-order valence-corrected chi connectivity index (χ3v) is 3.88. The normalized spacial score (nSPS) is 12.8. The summed E-state index contributed by atoms with van der Waals surface area (Å²) in [6.45, 7) is 4.09. The van der Waals surface area contributed by atoms with Crippen LogP contribution in [-0.4, -0.2) is 27.0 Å². The van der Waals surface area contributed by atoms with Crippen LogP contribution < -0.4 is 15.2 Å². The van der Waals surface area contributed by atoms with Crippen LogP contribution in [0.2, 0.25) is 5.02 Å². The van der Waals surface area contributed by atoms with Gasteiger partial charge in [-0.1, -0.05) is 24.9 Å². The van der Waals surface area contributed by atoms with Crippen molar-refractivity contribution < 1.29 is 17.9 Å². The molecular formula is C13H19ClN2O4S. The molecule has 0 aliphatic rings. The van der Waals surface area contributed by atoms with Gasteiger partial charge in [-0.3, -0.25) is 4.79 Å². The molecule has 1 amide bonds. The van der Waals surface area contributed by atoms with E-state index in [4.69, 9.17) is 21.5 Å². The average molecular weight is 335 g/mol. The van der Waals surface area contributed by atoms with Gasteiger partial charge in [-0.15, -0.1) is 0 Å². The van der Waals surface area contributed by atoms with E-state index in [0.717, 1.165) is 12.8 Å². The van der Waals surface area contributed by atoms with Crippen LogP contribution in [0.5, 0.6) is 5.75 Å². The molecule has 0 saturated carbocycles. The number of nitrogens with two attached hydrogens (primary N) is 1. The predicted octanol–water partition coefficient (Wildman–Crippen LogP) is 1.67. The highest BCUT2D eigenvalue weighted by atomic mass is 35.5. The number of amides is 1. The summed E-state index contributed by atoms with van der Waals surface area (Å²) in [5, 5.41) is 8.03. The van der Waals surface area contributed by atoms with Crippen LogP contribution in [0.25, 0.3) is 0 Å². The van der Waals surface area contributed by atoms with Gasteiger partial charge in [0.2, 0.25) is 10.0 Å². The first kappa shape index (κ1) is 17.7. The van der Waals surface area contributed by atoms with Crippen molar-refractivity contribution in [1.29, 1.82) is 0 Å². The monoisotopic (exact) mass is 334 g/mol. The number of rotatable bonds is 7. The molecule has 1 atom stereocenters. The largest absolute Gasteiger partial charge is 0.479 e. The fourth-order valence-corrected chi connectivity index (χ4v) is 2.50. The topological polar surface area (TPSA) is 98.5 Å². The Hall–Kier alpha value is -1.31. The van der Waals surface area contributed by atoms with Crippen LogP contribution in [0.3, 0.4) is 0 Å². The Balaban J connectivity index is 2.85. The zero-order chi connectivity index (χ0) is 16.0. The van der Waals surface area contributed by atoms with Crippen molar-refractivity contribution in [2.45, 2.75) is 37.7 Å². The Labute approximate surface area is 129 Å². The predicted molar refractivity (Wildman–Crippen MR) is 80.8 cm³/mol. The van der Waals surface area contributed by atoms with Gasteiger partial charge in [0, 0.05) is 11.6 Å². The van der Waals surface area contributed by atoms with Crippen LogP contribution in [-0.2, 0) is 14.8 Å². The second-order valence-corrected chi connectivity index (χ2v) is 6.51. The van der Waals surface area contributed by atoms with Crippen molar-refractivity contribution in [1.82, 2.24) is 5.32 Å². The number of hydrogen-bond donors (Lipinski definition) is 2. The lowest BCUT2D eigenvalue weighted by molar-refractivity contribution is -0.127. The highest BCUT2D eigenvalue weighted by Crippen LogP contribution is 2.27. The number of halogens is 1. The van der Waals surface area contributed by atoms with Crippen molar-refractivity contribution in [3.8, 4) is 5.75 Å². The molecule has 1 aromatic carbocycles. The summed E-state index contributed by atoms with van der Waals surface area (Å²) < 4.78 is 28.4. The zero-order valence-electron chi connectivity index (χ0n) is 11.9. The van der Waals surface area contributed by atoms with Gasteiger partial charge in [-0.05, 0) is 31.5 Å². The van der Waals surface area contributed by atoms with Crippen LogP contribution in [0.4, 0.5) is 0 Å². The maximum Gasteiger partial charge on any atom is 0.260 e. The molecule has 0 radical (unpaired) electrons. The number of carbonyl (C=O) groups excluding carboxylic acids is 1. The summed E-state index contributed by atoms with van der Waals surface area (Å²) in [4.78, 5) is 11.6. The average Bonchev–Trinajstić information content (AvgIpc) is 2.39. The molecule has 0 spiro atoms. The zero-order valence-corrected chi connectivity index (χ0v) is 13.5. The summed E-state index contributed by atoms with van der Waals surface area (Å²) in [6.07, 6.45) is 0.980. The van der Waals surface area contributed by atoms with Crippen molar-refractivity contribution in [3.05, 3.63) is 23.2 Å². The first-order valence-corrected chi connectivity index (χ1v) is 8.45. The van der Waals surface area contributed by atoms with Crippen molar-refractivity contribution in [2.24, 2.45) is 5.14 Å². The lowest BCUT2D eigenvalue weighted by Crippen LogP contribution is -2.37. The fraction of sp³-hybridized carbons (Fsp3) is 0.462. The van der Waals surface area contributed by atoms with Gasteiger partial charge in [0.15, 0.2) is 6.10 Å². The van der Waals surface area contributed by atoms with Gasteiger partial charge in [0.25, 0.3) is 5.91 Å². The third-order valence-electron chi connectivity index (χ3n) is 2.71. The van der Waals surface area contributed by atoms with Crippen LogP contribution in [0.1, 0.15) is 26.7 Å². The van der Waals surface area contributed by atoms with Crippen molar-refractivity contribution in [3.63, 3.8) is 0 Å². The summed E-state index contributed by atoms with van der Waals surface area (Å²) >= 11 is 5.75. The van der Waals surface area contributed by atoms with Gasteiger partial charge < -0.3 is 10.1 Å². The number of sulfonamides is 1. The van der Waals surface area contributed by atoms with E-state index >= 15 is 0 Å². The third kappa shape index (κ3) is 5.53. The van der Waals surface area contributed by atoms with Gasteiger partial charge >= 0.3 is 0 Å². The van der Waals surface area contributed by atoms with Gasteiger partial charge in [-0.2, -0.15) is 0 Å². The molecule has 0 heterocycles. The van der Waals surface area contributed by atoms with Crippen LogP contribution >= 0.6 is 11.6 Å². The number of hydrogen-bond acceptors (Lipinski definition) is 4. The second kappa shape index (κ2) is 7.63. The van der Waals surface area contributed by atoms with E-state index in [1.54, 1.807) is 0 Å². The van der Waals surface area contributed by atoms with E-state index in [1.165, 1.54) is 25.1 Å². The highest BCUT2D eigenvalue weighted by molar-refractivity contribution is 7.89. The number of nitrogens with one attached hydrogen (secondary N) is 1. The quantitative estimate of drug-likeness (QED) is 0.741. The maximum atomic E-state index is 11.8. The second-order valence-electron chi connectivity index (χ2n) is 4.54. The first-order chi connectivity index (χ1) is 9.75. The molecule has 0 aliphatic heterocycles. The lowest BCUT2D eigenvalue weighted by Gasteiger charge is -2.16. The summed E-state index contributed by atoms with van der Waals surface area (Å²) in [5.74, 6) is -0.321. The first-order valence-electron chi connectivity index (χ1n) is 6.52. The summed E-state index contributed by atoms with van der Waals surface area (Å²) in [7, 11) is -3.99. The number of unbranched alkanes of at least 4 members (excludes halogenated alkanes) is 1. The van der Waals surface area contributed by atoms with Crippen molar-refractivity contribution >= 4 is 27.5 Å². The molecule has 0 bridgehead atoms. The Morgan fingerprint density at radius 3 is 2.71 bits per heavy atom. The lowest BCUT2D eigenvalue weighted by atomic mass is 10.3. The van der Waals surface area contributed by atoms with Crippen molar-refractivity contribution in [2.75, 3.05) is 6.54 Å². The van der Waals surface area contributed by atoms with E-state index in [0.29, 0.717) is 6.54 Å². The molecule has 21 heavy (non-hydrogen) atoms. The van der Waals surface area contributed by atoms with E-state index in [9.17, 15) is 13.2 Å². The minimum Gasteiger partial charge on any atom is -0.479 e. The number of ether oxygens (including phenoxy) is 1. The van der Waals surface area contributed by atoms with Crippen LogP contribution in [0.15, 0.2) is 23.1 Å². The van der Waals surface area contributed by atoms with Gasteiger partial charge in [0.05, 0.1) is 0 Å². The minimum atomic E-state index is -3.99. The molecule has 0 saturated heterocycles. The Morgan fingerprint density at radius 1 is 1.48 bits per heavy atom. The Bertz CT molecular complexity index is 604. The molecule has 0 aromatic heterocycles. The van der Waals surface area contributed by atoms with E-state index in [-0.39, 0.29) is 21.6 Å². The molecule has 1 rings (SSSR count). The molecule has 1 unspecified atom stereocenters. The minimum absolute atomic E-state index is 0.0000384. The number of carbonyl (C=O) groups is 1. The fourth-order valence-electron chi connectivity index (χ4n) is 1.58. The SMILES string of the molecule is CCCCNC(=O)C(C)Oc1ccc(Cl)cc1S(N)(=O)=O. The van der Waals surface area contributed by atoms with Gasteiger partial charge in [0.1, 0.15) is 10.6 Å². The summed E-state index contributed by atoms with van der Waals surface area (Å²) in [5.41, 5.74) is 0. The molecule has 6 nitrogen and oxygen atoms in total. The van der Waals surface area contributed by atoms with E-state index in [2.05, 4.69) is 5.32 Å². The molecule has 8 heteroatoms. The molecule has 3 N–H and O–H groups in total. The molecule has 118 valence electrons. The standard InChI is InChI=1S/C13H19ClN2O4S/c1-3-4-7-16-13(17)9(2)20-11-6-5-10(14)8-12(11)21(15,18)19/h5-6,8-9H,3-4,7H2,1-2H3,(H,16,17)(H2,15,18,19). The Kier molecular flexibility index (Phi) is 6.44. The number of benzene rings is 1.